The Balaban J connectivity index is 2.50. The second-order valence-electron chi connectivity index (χ2n) is 3.78. The van der Waals surface area contributed by atoms with Crippen molar-refractivity contribution < 1.29 is 9.53 Å². The largest absolute Gasteiger partial charge is 0.377 e. The molecule has 1 aromatic carbocycles. The lowest BCUT2D eigenvalue weighted by molar-refractivity contribution is 0.0746. The van der Waals surface area contributed by atoms with Gasteiger partial charge >= 0.3 is 0 Å². The maximum atomic E-state index is 11.8. The third-order valence-electron chi connectivity index (χ3n) is 2.04. The van der Waals surface area contributed by atoms with Gasteiger partial charge in [0.25, 0.3) is 5.91 Å². The summed E-state index contributed by atoms with van der Waals surface area (Å²) in [4.78, 5) is 11.8. The molecule has 0 saturated carbocycles. The molecule has 0 bridgehead atoms. The first-order valence-corrected chi connectivity index (χ1v) is 6.53. The summed E-state index contributed by atoms with van der Waals surface area (Å²) < 4.78 is 6.04. The number of carbonyl (C=O) groups excluding carboxylic acids is 1. The van der Waals surface area contributed by atoms with E-state index in [1.54, 1.807) is 18.2 Å². The second-order valence-corrected chi connectivity index (χ2v) is 5.01. The van der Waals surface area contributed by atoms with E-state index in [9.17, 15) is 4.79 Å². The highest BCUT2D eigenvalue weighted by Crippen LogP contribution is 2.25. The Morgan fingerprint density at radius 2 is 2.24 bits per heavy atom. The first-order valence-electron chi connectivity index (χ1n) is 5.36. The van der Waals surface area contributed by atoms with Crippen LogP contribution in [0.2, 0.25) is 5.02 Å². The molecule has 0 aliphatic heterocycles. The number of hydrogen-bond acceptors (Lipinski definition) is 2. The molecular weight excluding hydrogens is 305 g/mol. The average Bonchev–Trinajstić information content (AvgIpc) is 2.27. The van der Waals surface area contributed by atoms with Crippen LogP contribution < -0.4 is 5.32 Å². The first kappa shape index (κ1) is 14.5. The highest BCUT2D eigenvalue weighted by Gasteiger charge is 2.11. The molecular formula is C12H15BrClNO2. The minimum Gasteiger partial charge on any atom is -0.377 e. The zero-order valence-electron chi connectivity index (χ0n) is 9.80. The van der Waals surface area contributed by atoms with E-state index < -0.39 is 0 Å². The second kappa shape index (κ2) is 6.99. The molecule has 0 aliphatic carbocycles. The van der Waals surface area contributed by atoms with Crippen LogP contribution in [0.3, 0.4) is 0 Å². The molecule has 1 amide bonds. The molecule has 1 rings (SSSR count). The van der Waals surface area contributed by atoms with Crippen LogP contribution in [0.15, 0.2) is 22.7 Å². The molecule has 5 heteroatoms. The van der Waals surface area contributed by atoms with Gasteiger partial charge in [-0.3, -0.25) is 4.79 Å². The molecule has 0 aromatic heterocycles. The van der Waals surface area contributed by atoms with Crippen LogP contribution in [0, 0.1) is 0 Å². The predicted octanol–water partition coefficient (Wildman–Crippen LogP) is 3.26. The van der Waals surface area contributed by atoms with Crippen molar-refractivity contribution in [2.45, 2.75) is 20.0 Å². The Kier molecular flexibility index (Phi) is 5.95. The summed E-state index contributed by atoms with van der Waals surface area (Å²) in [6.45, 7) is 4.87. The standard InChI is InChI=1S/C12H15BrClNO2/c1-8(2)17-7-6-15-12(16)9-4-3-5-10(13)11(9)14/h3-5,8H,6-7H2,1-2H3,(H,15,16). The van der Waals surface area contributed by atoms with Crippen LogP contribution in [0.1, 0.15) is 24.2 Å². The van der Waals surface area contributed by atoms with Gasteiger partial charge in [0.05, 0.1) is 23.3 Å². The lowest BCUT2D eigenvalue weighted by atomic mass is 10.2. The number of rotatable bonds is 5. The van der Waals surface area contributed by atoms with Crippen molar-refractivity contribution in [1.29, 1.82) is 0 Å². The molecule has 0 heterocycles. The number of amides is 1. The van der Waals surface area contributed by atoms with Gasteiger partial charge in [-0.2, -0.15) is 0 Å². The summed E-state index contributed by atoms with van der Waals surface area (Å²) in [5, 5.41) is 3.18. The summed E-state index contributed by atoms with van der Waals surface area (Å²) in [7, 11) is 0. The lowest BCUT2D eigenvalue weighted by Gasteiger charge is -2.09. The van der Waals surface area contributed by atoms with Crippen LogP contribution >= 0.6 is 27.5 Å². The van der Waals surface area contributed by atoms with E-state index in [2.05, 4.69) is 21.2 Å². The van der Waals surface area contributed by atoms with Crippen LogP contribution in [0.25, 0.3) is 0 Å². The number of benzene rings is 1. The molecule has 94 valence electrons. The van der Waals surface area contributed by atoms with Gasteiger partial charge in [-0.1, -0.05) is 17.7 Å². The Morgan fingerprint density at radius 1 is 1.53 bits per heavy atom. The number of carbonyl (C=O) groups is 1. The van der Waals surface area contributed by atoms with E-state index in [0.717, 1.165) is 0 Å². The van der Waals surface area contributed by atoms with Gasteiger partial charge in [-0.05, 0) is 41.9 Å². The number of nitrogens with one attached hydrogen (secondary N) is 1. The van der Waals surface area contributed by atoms with Crippen molar-refractivity contribution in [2.75, 3.05) is 13.2 Å². The normalized spacial score (nSPS) is 10.6. The Labute approximate surface area is 115 Å². The van der Waals surface area contributed by atoms with Crippen molar-refractivity contribution in [2.24, 2.45) is 0 Å². The maximum absolute atomic E-state index is 11.8. The molecule has 0 unspecified atom stereocenters. The summed E-state index contributed by atoms with van der Waals surface area (Å²) in [6.07, 6.45) is 0.168. The van der Waals surface area contributed by atoms with Crippen molar-refractivity contribution >= 4 is 33.4 Å². The molecule has 0 radical (unpaired) electrons. The summed E-state index contributed by atoms with van der Waals surface area (Å²) in [5.74, 6) is -0.191. The van der Waals surface area contributed by atoms with E-state index >= 15 is 0 Å². The third-order valence-corrected chi connectivity index (χ3v) is 3.33. The predicted molar refractivity (Wildman–Crippen MR) is 72.6 cm³/mol. The minimum atomic E-state index is -0.191. The molecule has 0 saturated heterocycles. The van der Waals surface area contributed by atoms with Gasteiger partial charge in [-0.25, -0.2) is 0 Å². The van der Waals surface area contributed by atoms with E-state index in [1.165, 1.54) is 0 Å². The van der Waals surface area contributed by atoms with E-state index in [4.69, 9.17) is 16.3 Å². The van der Waals surface area contributed by atoms with Crippen LogP contribution in [0.4, 0.5) is 0 Å². The Morgan fingerprint density at radius 3 is 2.88 bits per heavy atom. The van der Waals surface area contributed by atoms with Crippen LogP contribution in [0.5, 0.6) is 0 Å². The van der Waals surface area contributed by atoms with Crippen molar-refractivity contribution in [3.05, 3.63) is 33.3 Å². The quantitative estimate of drug-likeness (QED) is 0.846. The molecule has 0 spiro atoms. The van der Waals surface area contributed by atoms with Crippen LogP contribution in [-0.2, 0) is 4.74 Å². The number of ether oxygens (including phenoxy) is 1. The fraction of sp³-hybridized carbons (Fsp3) is 0.417. The van der Waals surface area contributed by atoms with Crippen molar-refractivity contribution in [3.63, 3.8) is 0 Å². The van der Waals surface area contributed by atoms with Gasteiger partial charge in [-0.15, -0.1) is 0 Å². The fourth-order valence-electron chi connectivity index (χ4n) is 1.23. The Hall–Kier alpha value is -0.580. The minimum absolute atomic E-state index is 0.168. The van der Waals surface area contributed by atoms with E-state index in [0.29, 0.717) is 28.2 Å². The zero-order chi connectivity index (χ0) is 12.8. The summed E-state index contributed by atoms with van der Waals surface area (Å²) in [6, 6.07) is 5.25. The maximum Gasteiger partial charge on any atom is 0.252 e. The van der Waals surface area contributed by atoms with Gasteiger partial charge in [0, 0.05) is 11.0 Å². The molecule has 1 N–H and O–H groups in total. The van der Waals surface area contributed by atoms with Gasteiger partial charge in [0.1, 0.15) is 0 Å². The fourth-order valence-corrected chi connectivity index (χ4v) is 1.81. The van der Waals surface area contributed by atoms with Gasteiger partial charge in [0.2, 0.25) is 0 Å². The molecule has 1 aromatic rings. The third kappa shape index (κ3) is 4.66. The van der Waals surface area contributed by atoms with Crippen LogP contribution in [-0.4, -0.2) is 25.2 Å². The van der Waals surface area contributed by atoms with E-state index in [1.807, 2.05) is 13.8 Å². The average molecular weight is 321 g/mol. The molecule has 17 heavy (non-hydrogen) atoms. The Bertz CT molecular complexity index is 396. The van der Waals surface area contributed by atoms with Crippen molar-refractivity contribution in [1.82, 2.24) is 5.32 Å². The van der Waals surface area contributed by atoms with E-state index in [-0.39, 0.29) is 12.0 Å². The zero-order valence-corrected chi connectivity index (χ0v) is 12.1. The topological polar surface area (TPSA) is 38.3 Å². The van der Waals surface area contributed by atoms with Crippen molar-refractivity contribution in [3.8, 4) is 0 Å². The monoisotopic (exact) mass is 319 g/mol. The van der Waals surface area contributed by atoms with Gasteiger partial charge < -0.3 is 10.1 Å². The molecule has 0 atom stereocenters. The summed E-state index contributed by atoms with van der Waals surface area (Å²) >= 11 is 9.29. The first-order chi connectivity index (χ1) is 8.02. The SMILES string of the molecule is CC(C)OCCNC(=O)c1cccc(Br)c1Cl. The van der Waals surface area contributed by atoms with Gasteiger partial charge in [0.15, 0.2) is 0 Å². The molecule has 0 fully saturated rings. The highest BCUT2D eigenvalue weighted by molar-refractivity contribution is 9.10. The molecule has 0 aliphatic rings. The number of halogens is 2. The highest BCUT2D eigenvalue weighted by atomic mass is 79.9. The number of hydrogen-bond donors (Lipinski definition) is 1. The summed E-state index contributed by atoms with van der Waals surface area (Å²) in [5.41, 5.74) is 0.464. The molecule has 3 nitrogen and oxygen atoms in total. The smallest absolute Gasteiger partial charge is 0.252 e. The lowest BCUT2D eigenvalue weighted by Crippen LogP contribution is -2.28.